The Morgan fingerprint density at radius 2 is 1.95 bits per heavy atom. The molecule has 1 rings (SSSR count). The quantitative estimate of drug-likeness (QED) is 0.693. The minimum absolute atomic E-state index is 0.0185. The SMILES string of the molecule is CCCCC(CN)NC(=O)CCOc1ccc(OC)cc1. The third kappa shape index (κ3) is 6.99. The van der Waals surface area contributed by atoms with Crippen LogP contribution < -0.4 is 20.5 Å². The fraction of sp³-hybridized carbons (Fsp3) is 0.562. The average molecular weight is 294 g/mol. The van der Waals surface area contributed by atoms with Crippen molar-refractivity contribution in [1.82, 2.24) is 5.32 Å². The lowest BCUT2D eigenvalue weighted by Gasteiger charge is -2.16. The normalized spacial score (nSPS) is 11.8. The van der Waals surface area contributed by atoms with Crippen LogP contribution in [0.4, 0.5) is 0 Å². The second-order valence-electron chi connectivity index (χ2n) is 4.92. The molecule has 0 spiro atoms. The number of benzene rings is 1. The molecule has 0 bridgehead atoms. The summed E-state index contributed by atoms with van der Waals surface area (Å²) in [5.41, 5.74) is 5.65. The molecule has 1 aromatic carbocycles. The van der Waals surface area contributed by atoms with Gasteiger partial charge in [0.25, 0.3) is 0 Å². The van der Waals surface area contributed by atoms with Crippen LogP contribution in [-0.4, -0.2) is 32.2 Å². The summed E-state index contributed by atoms with van der Waals surface area (Å²) in [4.78, 5) is 11.8. The summed E-state index contributed by atoms with van der Waals surface area (Å²) in [5.74, 6) is 1.49. The van der Waals surface area contributed by atoms with E-state index >= 15 is 0 Å². The standard InChI is InChI=1S/C16H26N2O3/c1-3-4-5-13(12-17)18-16(19)10-11-21-15-8-6-14(20-2)7-9-15/h6-9,13H,3-5,10-12,17H2,1-2H3,(H,18,19). The molecule has 0 radical (unpaired) electrons. The largest absolute Gasteiger partial charge is 0.497 e. The number of hydrogen-bond acceptors (Lipinski definition) is 4. The zero-order valence-electron chi connectivity index (χ0n) is 12.9. The Morgan fingerprint density at radius 1 is 1.29 bits per heavy atom. The molecule has 0 saturated heterocycles. The second kappa shape index (κ2) is 10.0. The maximum atomic E-state index is 11.8. The van der Waals surface area contributed by atoms with Crippen LogP contribution >= 0.6 is 0 Å². The molecule has 1 aromatic rings. The summed E-state index contributed by atoms with van der Waals surface area (Å²) in [6.07, 6.45) is 3.43. The number of hydrogen-bond donors (Lipinski definition) is 2. The monoisotopic (exact) mass is 294 g/mol. The van der Waals surface area contributed by atoms with Crippen molar-refractivity contribution in [3.05, 3.63) is 24.3 Å². The zero-order chi connectivity index (χ0) is 15.5. The van der Waals surface area contributed by atoms with Crippen molar-refractivity contribution in [2.24, 2.45) is 5.73 Å². The van der Waals surface area contributed by atoms with E-state index in [2.05, 4.69) is 12.2 Å². The Balaban J connectivity index is 2.25. The summed E-state index contributed by atoms with van der Waals surface area (Å²) < 4.78 is 10.6. The fourth-order valence-electron chi connectivity index (χ4n) is 1.93. The van der Waals surface area contributed by atoms with Crippen LogP contribution in [0.2, 0.25) is 0 Å². The highest BCUT2D eigenvalue weighted by Gasteiger charge is 2.10. The first-order valence-corrected chi connectivity index (χ1v) is 7.45. The number of unbranched alkanes of at least 4 members (excludes halogenated alkanes) is 1. The fourth-order valence-corrected chi connectivity index (χ4v) is 1.93. The third-order valence-corrected chi connectivity index (χ3v) is 3.21. The van der Waals surface area contributed by atoms with Crippen molar-refractivity contribution in [2.75, 3.05) is 20.3 Å². The predicted molar refractivity (Wildman–Crippen MR) is 83.6 cm³/mol. The Bertz CT molecular complexity index is 406. The highest BCUT2D eigenvalue weighted by atomic mass is 16.5. The van der Waals surface area contributed by atoms with Crippen LogP contribution in [0.1, 0.15) is 32.6 Å². The van der Waals surface area contributed by atoms with Crippen LogP contribution in [0.15, 0.2) is 24.3 Å². The molecular formula is C16H26N2O3. The maximum absolute atomic E-state index is 11.8. The minimum atomic E-state index is -0.0185. The molecule has 1 atom stereocenters. The van der Waals surface area contributed by atoms with E-state index in [1.165, 1.54) is 0 Å². The highest BCUT2D eigenvalue weighted by molar-refractivity contribution is 5.76. The number of amides is 1. The van der Waals surface area contributed by atoms with Crippen molar-refractivity contribution < 1.29 is 14.3 Å². The molecule has 1 amide bonds. The number of methoxy groups -OCH3 is 1. The van der Waals surface area contributed by atoms with Crippen molar-refractivity contribution in [2.45, 2.75) is 38.6 Å². The van der Waals surface area contributed by atoms with E-state index in [-0.39, 0.29) is 11.9 Å². The van der Waals surface area contributed by atoms with Gasteiger partial charge in [-0.05, 0) is 30.7 Å². The van der Waals surface area contributed by atoms with Gasteiger partial charge >= 0.3 is 0 Å². The maximum Gasteiger partial charge on any atom is 0.223 e. The van der Waals surface area contributed by atoms with Crippen LogP contribution in [0.5, 0.6) is 11.5 Å². The lowest BCUT2D eigenvalue weighted by Crippen LogP contribution is -2.40. The minimum Gasteiger partial charge on any atom is -0.497 e. The summed E-state index contributed by atoms with van der Waals surface area (Å²) >= 11 is 0. The van der Waals surface area contributed by atoms with E-state index in [1.54, 1.807) is 7.11 Å². The highest BCUT2D eigenvalue weighted by Crippen LogP contribution is 2.16. The number of carbonyl (C=O) groups is 1. The molecule has 0 aliphatic heterocycles. The van der Waals surface area contributed by atoms with Crippen LogP contribution in [0, 0.1) is 0 Å². The van der Waals surface area contributed by atoms with E-state index in [0.29, 0.717) is 19.6 Å². The molecule has 0 fully saturated rings. The molecule has 0 aliphatic rings. The molecule has 118 valence electrons. The lowest BCUT2D eigenvalue weighted by atomic mass is 10.1. The number of nitrogens with two attached hydrogens (primary N) is 1. The van der Waals surface area contributed by atoms with Gasteiger partial charge in [-0.15, -0.1) is 0 Å². The molecule has 0 heterocycles. The molecular weight excluding hydrogens is 268 g/mol. The lowest BCUT2D eigenvalue weighted by molar-refractivity contribution is -0.122. The molecule has 0 aliphatic carbocycles. The number of ether oxygens (including phenoxy) is 2. The van der Waals surface area contributed by atoms with E-state index < -0.39 is 0 Å². The van der Waals surface area contributed by atoms with Crippen LogP contribution in [-0.2, 0) is 4.79 Å². The van der Waals surface area contributed by atoms with Crippen molar-refractivity contribution in [3.63, 3.8) is 0 Å². The van der Waals surface area contributed by atoms with Crippen LogP contribution in [0.25, 0.3) is 0 Å². The number of nitrogens with one attached hydrogen (secondary N) is 1. The average Bonchev–Trinajstić information content (AvgIpc) is 2.52. The Morgan fingerprint density at radius 3 is 2.52 bits per heavy atom. The van der Waals surface area contributed by atoms with Gasteiger partial charge in [-0.1, -0.05) is 19.8 Å². The summed E-state index contributed by atoms with van der Waals surface area (Å²) in [6, 6.07) is 7.36. The smallest absolute Gasteiger partial charge is 0.223 e. The van der Waals surface area contributed by atoms with E-state index in [1.807, 2.05) is 24.3 Å². The van der Waals surface area contributed by atoms with Gasteiger partial charge in [0.15, 0.2) is 0 Å². The Kier molecular flexibility index (Phi) is 8.28. The predicted octanol–water partition coefficient (Wildman–Crippen LogP) is 2.10. The zero-order valence-corrected chi connectivity index (χ0v) is 12.9. The Labute approximate surface area is 126 Å². The molecule has 3 N–H and O–H groups in total. The van der Waals surface area contributed by atoms with Gasteiger partial charge in [0.05, 0.1) is 20.1 Å². The first kappa shape index (κ1) is 17.3. The van der Waals surface area contributed by atoms with Crippen molar-refractivity contribution in [1.29, 1.82) is 0 Å². The topological polar surface area (TPSA) is 73.6 Å². The molecule has 5 nitrogen and oxygen atoms in total. The molecule has 21 heavy (non-hydrogen) atoms. The van der Waals surface area contributed by atoms with Gasteiger partial charge in [0.1, 0.15) is 11.5 Å². The second-order valence-corrected chi connectivity index (χ2v) is 4.92. The summed E-state index contributed by atoms with van der Waals surface area (Å²) in [7, 11) is 1.62. The summed E-state index contributed by atoms with van der Waals surface area (Å²) in [6.45, 7) is 2.95. The summed E-state index contributed by atoms with van der Waals surface area (Å²) in [5, 5.41) is 2.94. The first-order valence-electron chi connectivity index (χ1n) is 7.45. The van der Waals surface area contributed by atoms with Gasteiger partial charge in [0.2, 0.25) is 5.91 Å². The number of rotatable bonds is 10. The Hall–Kier alpha value is -1.75. The van der Waals surface area contributed by atoms with Gasteiger partial charge < -0.3 is 20.5 Å². The number of carbonyl (C=O) groups excluding carboxylic acids is 1. The van der Waals surface area contributed by atoms with Gasteiger partial charge in [0, 0.05) is 12.6 Å². The van der Waals surface area contributed by atoms with E-state index in [9.17, 15) is 4.79 Å². The van der Waals surface area contributed by atoms with Gasteiger partial charge in [-0.2, -0.15) is 0 Å². The first-order chi connectivity index (χ1) is 10.2. The molecule has 1 unspecified atom stereocenters. The third-order valence-electron chi connectivity index (χ3n) is 3.21. The van der Waals surface area contributed by atoms with E-state index in [4.69, 9.17) is 15.2 Å². The van der Waals surface area contributed by atoms with Gasteiger partial charge in [-0.25, -0.2) is 0 Å². The molecule has 0 aromatic heterocycles. The van der Waals surface area contributed by atoms with Crippen LogP contribution in [0.3, 0.4) is 0 Å². The molecule has 0 saturated carbocycles. The van der Waals surface area contributed by atoms with Crippen molar-refractivity contribution in [3.8, 4) is 11.5 Å². The van der Waals surface area contributed by atoms with Crippen molar-refractivity contribution >= 4 is 5.91 Å². The van der Waals surface area contributed by atoms with Gasteiger partial charge in [-0.3, -0.25) is 4.79 Å². The van der Waals surface area contributed by atoms with E-state index in [0.717, 1.165) is 30.8 Å². The molecule has 5 heteroatoms.